The first-order valence-electron chi connectivity index (χ1n) is 7.50. The molecular formula is C17H17FN4O2S. The number of halogens is 1. The van der Waals surface area contributed by atoms with E-state index in [2.05, 4.69) is 21.5 Å². The van der Waals surface area contributed by atoms with Crippen molar-refractivity contribution in [1.82, 2.24) is 10.9 Å². The molecule has 0 aliphatic carbocycles. The Balaban J connectivity index is 1.83. The second-order valence-electron chi connectivity index (χ2n) is 5.02. The molecule has 0 atom stereocenters. The van der Waals surface area contributed by atoms with Gasteiger partial charge in [-0.25, -0.2) is 4.39 Å². The Morgan fingerprint density at radius 3 is 2.08 bits per heavy atom. The SMILES string of the molecule is CCC(=O)Nc1ccc(C(=O)NNC(=S)Nc2ccc(F)cc2)cc1. The van der Waals surface area contributed by atoms with Crippen LogP contribution >= 0.6 is 12.2 Å². The maximum atomic E-state index is 12.8. The van der Waals surface area contributed by atoms with E-state index >= 15 is 0 Å². The Labute approximate surface area is 149 Å². The fraction of sp³-hybridized carbons (Fsp3) is 0.118. The van der Waals surface area contributed by atoms with Crippen molar-refractivity contribution in [3.63, 3.8) is 0 Å². The molecule has 25 heavy (non-hydrogen) atoms. The van der Waals surface area contributed by atoms with Gasteiger partial charge in [0.1, 0.15) is 5.82 Å². The van der Waals surface area contributed by atoms with Crippen molar-refractivity contribution in [3.8, 4) is 0 Å². The first-order valence-corrected chi connectivity index (χ1v) is 7.91. The molecule has 2 aromatic carbocycles. The van der Waals surface area contributed by atoms with Crippen molar-refractivity contribution in [2.45, 2.75) is 13.3 Å². The largest absolute Gasteiger partial charge is 0.331 e. The smallest absolute Gasteiger partial charge is 0.269 e. The molecule has 0 unspecified atom stereocenters. The number of hydrogen-bond donors (Lipinski definition) is 4. The number of benzene rings is 2. The van der Waals surface area contributed by atoms with E-state index in [0.717, 1.165) is 0 Å². The fourth-order valence-electron chi connectivity index (χ4n) is 1.84. The maximum absolute atomic E-state index is 12.8. The molecule has 0 aliphatic rings. The summed E-state index contributed by atoms with van der Waals surface area (Å²) in [5, 5.41) is 5.66. The summed E-state index contributed by atoms with van der Waals surface area (Å²) in [7, 11) is 0. The molecule has 8 heteroatoms. The molecule has 6 nitrogen and oxygen atoms in total. The Hall–Kier alpha value is -3.00. The zero-order chi connectivity index (χ0) is 18.2. The highest BCUT2D eigenvalue weighted by atomic mass is 32.1. The molecule has 0 saturated heterocycles. The van der Waals surface area contributed by atoms with E-state index in [-0.39, 0.29) is 16.8 Å². The van der Waals surface area contributed by atoms with Gasteiger partial charge in [0.2, 0.25) is 5.91 Å². The number of thiocarbonyl (C=S) groups is 1. The molecule has 0 bridgehead atoms. The number of amides is 2. The number of nitrogens with one attached hydrogen (secondary N) is 4. The van der Waals surface area contributed by atoms with Gasteiger partial charge in [0.05, 0.1) is 0 Å². The summed E-state index contributed by atoms with van der Waals surface area (Å²) in [6.45, 7) is 1.76. The summed E-state index contributed by atoms with van der Waals surface area (Å²) < 4.78 is 12.8. The van der Waals surface area contributed by atoms with Gasteiger partial charge in [-0.3, -0.25) is 20.4 Å². The number of anilines is 2. The highest BCUT2D eigenvalue weighted by Gasteiger charge is 2.07. The third-order valence-electron chi connectivity index (χ3n) is 3.14. The Morgan fingerprint density at radius 1 is 0.920 bits per heavy atom. The monoisotopic (exact) mass is 360 g/mol. The van der Waals surface area contributed by atoms with E-state index < -0.39 is 5.91 Å². The van der Waals surface area contributed by atoms with E-state index in [1.165, 1.54) is 24.3 Å². The summed E-state index contributed by atoms with van der Waals surface area (Å²) in [5.74, 6) is -0.844. The van der Waals surface area contributed by atoms with Crippen LogP contribution in [0.3, 0.4) is 0 Å². The van der Waals surface area contributed by atoms with Crippen LogP contribution in [0.25, 0.3) is 0 Å². The van der Waals surface area contributed by atoms with Crippen LogP contribution in [-0.4, -0.2) is 16.9 Å². The minimum absolute atomic E-state index is 0.101. The second kappa shape index (κ2) is 8.74. The molecule has 0 spiro atoms. The van der Waals surface area contributed by atoms with Crippen molar-refractivity contribution in [1.29, 1.82) is 0 Å². The summed E-state index contributed by atoms with van der Waals surface area (Å²) >= 11 is 5.04. The van der Waals surface area contributed by atoms with E-state index in [9.17, 15) is 14.0 Å². The van der Waals surface area contributed by atoms with E-state index in [0.29, 0.717) is 23.4 Å². The summed E-state index contributed by atoms with van der Waals surface area (Å²) in [6.07, 6.45) is 0.380. The number of hydrazine groups is 1. The van der Waals surface area contributed by atoms with Gasteiger partial charge in [0.15, 0.2) is 5.11 Å². The van der Waals surface area contributed by atoms with Crippen LogP contribution in [-0.2, 0) is 4.79 Å². The fourth-order valence-corrected chi connectivity index (χ4v) is 2.00. The van der Waals surface area contributed by atoms with Crippen LogP contribution in [0.2, 0.25) is 0 Å². The summed E-state index contributed by atoms with van der Waals surface area (Å²) in [4.78, 5) is 23.3. The quantitative estimate of drug-likeness (QED) is 0.498. The zero-order valence-electron chi connectivity index (χ0n) is 13.4. The van der Waals surface area contributed by atoms with Crippen LogP contribution in [0.5, 0.6) is 0 Å². The first kappa shape index (κ1) is 18.3. The van der Waals surface area contributed by atoms with Crippen molar-refractivity contribution < 1.29 is 14.0 Å². The molecule has 2 rings (SSSR count). The van der Waals surface area contributed by atoms with Crippen molar-refractivity contribution in [2.75, 3.05) is 10.6 Å². The molecule has 0 aliphatic heterocycles. The average Bonchev–Trinajstić information content (AvgIpc) is 2.62. The van der Waals surface area contributed by atoms with Crippen molar-refractivity contribution in [3.05, 3.63) is 59.9 Å². The minimum atomic E-state index is -0.392. The van der Waals surface area contributed by atoms with E-state index in [4.69, 9.17) is 12.2 Å². The predicted molar refractivity (Wildman–Crippen MR) is 98.6 cm³/mol. The highest BCUT2D eigenvalue weighted by molar-refractivity contribution is 7.80. The standard InChI is InChI=1S/C17H17FN4O2S/c1-2-15(23)19-13-7-3-11(4-8-13)16(24)21-22-17(25)20-14-9-5-12(18)6-10-14/h3-10H,2H2,1H3,(H,19,23)(H,21,24)(H2,20,22,25). The van der Waals surface area contributed by atoms with Gasteiger partial charge in [-0.2, -0.15) is 0 Å². The third kappa shape index (κ3) is 5.85. The molecule has 2 aromatic rings. The molecule has 130 valence electrons. The van der Waals surface area contributed by atoms with Crippen LogP contribution in [0.4, 0.5) is 15.8 Å². The molecule has 0 fully saturated rings. The lowest BCUT2D eigenvalue weighted by atomic mass is 10.2. The van der Waals surface area contributed by atoms with Crippen molar-refractivity contribution in [2.24, 2.45) is 0 Å². The topological polar surface area (TPSA) is 82.3 Å². The zero-order valence-corrected chi connectivity index (χ0v) is 14.2. The van der Waals surface area contributed by atoms with Gasteiger partial charge in [0.25, 0.3) is 5.91 Å². The van der Waals surface area contributed by atoms with Gasteiger partial charge in [-0.15, -0.1) is 0 Å². The molecule has 0 saturated carbocycles. The predicted octanol–water partition coefficient (Wildman–Crippen LogP) is 2.81. The van der Waals surface area contributed by atoms with Gasteiger partial charge >= 0.3 is 0 Å². The van der Waals surface area contributed by atoms with Gasteiger partial charge in [-0.05, 0) is 60.7 Å². The lowest BCUT2D eigenvalue weighted by Gasteiger charge is -2.12. The van der Waals surface area contributed by atoms with Crippen LogP contribution in [0, 0.1) is 5.82 Å². The molecule has 2 amide bonds. The number of hydrogen-bond acceptors (Lipinski definition) is 3. The normalized spacial score (nSPS) is 9.84. The lowest BCUT2D eigenvalue weighted by molar-refractivity contribution is -0.115. The Morgan fingerprint density at radius 2 is 1.48 bits per heavy atom. The third-order valence-corrected chi connectivity index (χ3v) is 3.35. The number of rotatable bonds is 4. The van der Waals surface area contributed by atoms with Gasteiger partial charge in [-0.1, -0.05) is 6.92 Å². The Kier molecular flexibility index (Phi) is 6.41. The summed E-state index contributed by atoms with van der Waals surface area (Å²) in [6, 6.07) is 12.1. The number of carbonyl (C=O) groups is 2. The number of carbonyl (C=O) groups excluding carboxylic acids is 2. The van der Waals surface area contributed by atoms with Gasteiger partial charge < -0.3 is 10.6 Å². The molecule has 0 heterocycles. The molecule has 0 radical (unpaired) electrons. The second-order valence-corrected chi connectivity index (χ2v) is 5.43. The van der Waals surface area contributed by atoms with E-state index in [1.54, 1.807) is 31.2 Å². The summed E-state index contributed by atoms with van der Waals surface area (Å²) in [5.41, 5.74) is 6.60. The molecule has 0 aromatic heterocycles. The minimum Gasteiger partial charge on any atom is -0.331 e. The van der Waals surface area contributed by atoms with Gasteiger partial charge in [0, 0.05) is 23.4 Å². The van der Waals surface area contributed by atoms with Crippen LogP contribution < -0.4 is 21.5 Å². The lowest BCUT2D eigenvalue weighted by Crippen LogP contribution is -2.43. The first-order chi connectivity index (χ1) is 12.0. The molecular weight excluding hydrogens is 343 g/mol. The maximum Gasteiger partial charge on any atom is 0.269 e. The van der Waals surface area contributed by atoms with Crippen molar-refractivity contribution >= 4 is 40.5 Å². The van der Waals surface area contributed by atoms with E-state index in [1.807, 2.05) is 0 Å². The molecule has 4 N–H and O–H groups in total. The van der Waals surface area contributed by atoms with Crippen LogP contribution in [0.15, 0.2) is 48.5 Å². The average molecular weight is 360 g/mol. The Bertz CT molecular complexity index is 763. The highest BCUT2D eigenvalue weighted by Crippen LogP contribution is 2.10. The van der Waals surface area contributed by atoms with Crippen LogP contribution in [0.1, 0.15) is 23.7 Å².